The Balaban J connectivity index is 2.15. The number of benzene rings is 1. The number of aromatic nitrogens is 4. The third-order valence-electron chi connectivity index (χ3n) is 5.11. The van der Waals surface area contributed by atoms with Gasteiger partial charge in [-0.05, 0) is 36.7 Å². The van der Waals surface area contributed by atoms with Gasteiger partial charge in [-0.25, -0.2) is 4.68 Å². The molecule has 3 rings (SSSR count). The van der Waals surface area contributed by atoms with Crippen molar-refractivity contribution in [1.82, 2.24) is 23.6 Å². The number of rotatable bonds is 9. The molecule has 0 saturated carbocycles. The van der Waals surface area contributed by atoms with Gasteiger partial charge in [0.15, 0.2) is 0 Å². The molecule has 0 bridgehead atoms. The summed E-state index contributed by atoms with van der Waals surface area (Å²) in [6.45, 7) is 4.41. The number of nitrogens with zero attached hydrogens (tertiary/aromatic N) is 5. The van der Waals surface area contributed by atoms with Crippen LogP contribution in [0.25, 0.3) is 16.7 Å². The molecule has 0 saturated heterocycles. The maximum absolute atomic E-state index is 13.2. The van der Waals surface area contributed by atoms with Gasteiger partial charge >= 0.3 is 11.9 Å². The van der Waals surface area contributed by atoms with Gasteiger partial charge in [-0.2, -0.15) is 0 Å². The molecule has 0 radical (unpaired) electrons. The number of carbonyl (C=O) groups is 2. The van der Waals surface area contributed by atoms with Crippen molar-refractivity contribution in [3.05, 3.63) is 39.4 Å². The minimum atomic E-state index is -0.511. The molecule has 0 fully saturated rings. The number of esters is 2. The molecule has 0 amide bonds. The molecule has 11 heteroatoms. The Morgan fingerprint density at radius 3 is 2.34 bits per heavy atom. The van der Waals surface area contributed by atoms with E-state index in [2.05, 4.69) is 18.9 Å². The molecule has 3 aromatic rings. The quantitative estimate of drug-likeness (QED) is 0.352. The first-order chi connectivity index (χ1) is 15.3. The molecule has 32 heavy (non-hydrogen) atoms. The molecule has 0 atom stereocenters. The van der Waals surface area contributed by atoms with Crippen molar-refractivity contribution in [1.29, 1.82) is 0 Å². The predicted molar refractivity (Wildman–Crippen MR) is 121 cm³/mol. The van der Waals surface area contributed by atoms with Crippen LogP contribution in [0.3, 0.4) is 0 Å². The highest BCUT2D eigenvalue weighted by molar-refractivity contribution is 7.71. The van der Waals surface area contributed by atoms with E-state index in [4.69, 9.17) is 21.7 Å². The third-order valence-corrected chi connectivity index (χ3v) is 5.50. The minimum Gasteiger partial charge on any atom is -0.468 e. The van der Waals surface area contributed by atoms with E-state index in [0.29, 0.717) is 33.9 Å². The van der Waals surface area contributed by atoms with Gasteiger partial charge in [-0.15, -0.1) is 5.10 Å². The van der Waals surface area contributed by atoms with Crippen molar-refractivity contribution >= 4 is 40.8 Å². The Hall–Kier alpha value is -3.05. The lowest BCUT2D eigenvalue weighted by Crippen LogP contribution is -2.37. The molecule has 0 unspecified atom stereocenters. The molecule has 0 aliphatic heterocycles. The van der Waals surface area contributed by atoms with Crippen molar-refractivity contribution < 1.29 is 19.1 Å². The molecule has 172 valence electrons. The average molecular weight is 462 g/mol. The number of carbonyl (C=O) groups excluding carboxylic acids is 2. The highest BCUT2D eigenvalue weighted by Crippen LogP contribution is 2.15. The van der Waals surface area contributed by atoms with E-state index in [9.17, 15) is 14.4 Å². The van der Waals surface area contributed by atoms with Crippen LogP contribution in [-0.2, 0) is 32.3 Å². The Morgan fingerprint density at radius 1 is 1.12 bits per heavy atom. The van der Waals surface area contributed by atoms with Crippen LogP contribution in [0.2, 0.25) is 0 Å². The molecule has 0 aliphatic rings. The lowest BCUT2D eigenvalue weighted by atomic mass is 10.1. The van der Waals surface area contributed by atoms with Crippen LogP contribution >= 0.6 is 12.2 Å². The lowest BCUT2D eigenvalue weighted by Gasteiger charge is -2.19. The van der Waals surface area contributed by atoms with Gasteiger partial charge in [-0.3, -0.25) is 28.3 Å². The van der Waals surface area contributed by atoms with Crippen LogP contribution in [0.4, 0.5) is 0 Å². The van der Waals surface area contributed by atoms with Gasteiger partial charge in [0.05, 0.1) is 44.9 Å². The van der Waals surface area contributed by atoms with Crippen LogP contribution in [-0.4, -0.2) is 62.9 Å². The number of ether oxygens (including phenoxy) is 2. The van der Waals surface area contributed by atoms with Crippen molar-refractivity contribution in [3.63, 3.8) is 0 Å². The van der Waals surface area contributed by atoms with Crippen LogP contribution in [0.5, 0.6) is 0 Å². The summed E-state index contributed by atoms with van der Waals surface area (Å²) in [5, 5.41) is 5.14. The summed E-state index contributed by atoms with van der Waals surface area (Å²) in [6.07, 6.45) is 0.796. The zero-order valence-electron chi connectivity index (χ0n) is 18.6. The molecule has 2 aromatic heterocycles. The largest absolute Gasteiger partial charge is 0.468 e. The van der Waals surface area contributed by atoms with E-state index in [-0.39, 0.29) is 25.3 Å². The monoisotopic (exact) mass is 461 g/mol. The lowest BCUT2D eigenvalue weighted by molar-refractivity contribution is -0.146. The minimum absolute atomic E-state index is 0.0391. The molecular formula is C21H27N5O5S. The number of para-hydroxylation sites is 1. The first-order valence-corrected chi connectivity index (χ1v) is 10.6. The maximum Gasteiger partial charge on any atom is 0.319 e. The van der Waals surface area contributed by atoms with Gasteiger partial charge in [0.2, 0.25) is 10.5 Å². The number of fused-ring (bicyclic) bond motifs is 3. The summed E-state index contributed by atoms with van der Waals surface area (Å²) >= 11 is 5.68. The highest BCUT2D eigenvalue weighted by Gasteiger charge is 2.20. The molecular weight excluding hydrogens is 434 g/mol. The fraction of sp³-hybridized carbons (Fsp3) is 0.476. The topological polar surface area (TPSA) is 100 Å². The predicted octanol–water partition coefficient (Wildman–Crippen LogP) is 1.83. The number of methoxy groups -OCH3 is 2. The average Bonchev–Trinajstić information content (AvgIpc) is 3.09. The van der Waals surface area contributed by atoms with E-state index in [1.165, 1.54) is 23.8 Å². The van der Waals surface area contributed by atoms with Crippen LogP contribution in [0, 0.1) is 10.7 Å². The van der Waals surface area contributed by atoms with Crippen LogP contribution < -0.4 is 5.56 Å². The molecule has 2 heterocycles. The van der Waals surface area contributed by atoms with Crippen molar-refractivity contribution in [2.45, 2.75) is 33.5 Å². The highest BCUT2D eigenvalue weighted by atomic mass is 32.1. The normalized spacial score (nSPS) is 11.6. The first-order valence-electron chi connectivity index (χ1n) is 10.2. The zero-order chi connectivity index (χ0) is 23.4. The van der Waals surface area contributed by atoms with Gasteiger partial charge in [0, 0.05) is 6.54 Å². The van der Waals surface area contributed by atoms with Crippen LogP contribution in [0.15, 0.2) is 29.1 Å². The van der Waals surface area contributed by atoms with E-state index in [1.54, 1.807) is 15.0 Å². The van der Waals surface area contributed by atoms with Crippen molar-refractivity contribution in [3.8, 4) is 0 Å². The first kappa shape index (κ1) is 23.6. The number of aryl methyl sites for hydroxylation is 1. The number of hydrogen-bond acceptors (Lipinski definition) is 8. The smallest absolute Gasteiger partial charge is 0.319 e. The van der Waals surface area contributed by atoms with Gasteiger partial charge in [0.1, 0.15) is 0 Å². The van der Waals surface area contributed by atoms with E-state index < -0.39 is 11.9 Å². The second kappa shape index (κ2) is 10.0. The van der Waals surface area contributed by atoms with Crippen molar-refractivity contribution in [2.75, 3.05) is 27.3 Å². The number of hydrogen-bond donors (Lipinski definition) is 0. The Bertz CT molecular complexity index is 1240. The van der Waals surface area contributed by atoms with Crippen molar-refractivity contribution in [2.24, 2.45) is 5.92 Å². The summed E-state index contributed by atoms with van der Waals surface area (Å²) in [6, 6.07) is 7.23. The Labute approximate surface area is 189 Å². The third kappa shape index (κ3) is 4.89. The second-order valence-electron chi connectivity index (χ2n) is 7.85. The SMILES string of the molecule is COC(=O)CN(CC(=O)OC)Cn1nc2n(CCC(C)C)c(=O)c3ccccc3n2c1=S. The summed E-state index contributed by atoms with van der Waals surface area (Å²) in [5.74, 6) is -0.212. The fourth-order valence-corrected chi connectivity index (χ4v) is 3.67. The molecule has 0 spiro atoms. The zero-order valence-corrected chi connectivity index (χ0v) is 19.4. The van der Waals surface area contributed by atoms with Gasteiger partial charge in [0.25, 0.3) is 5.56 Å². The summed E-state index contributed by atoms with van der Waals surface area (Å²) in [7, 11) is 2.55. The van der Waals surface area contributed by atoms with E-state index in [0.717, 1.165) is 6.42 Å². The van der Waals surface area contributed by atoms with E-state index in [1.807, 2.05) is 18.2 Å². The van der Waals surface area contributed by atoms with Crippen LogP contribution in [0.1, 0.15) is 20.3 Å². The molecule has 10 nitrogen and oxygen atoms in total. The Morgan fingerprint density at radius 2 is 1.75 bits per heavy atom. The summed E-state index contributed by atoms with van der Waals surface area (Å²) < 4.78 is 14.7. The second-order valence-corrected chi connectivity index (χ2v) is 8.22. The standard InChI is InChI=1S/C21H27N5O5S/c1-14(2)9-10-24-19(29)15-7-5-6-8-16(15)26-20(24)22-25(21(26)32)13-23(11-17(27)30-3)12-18(28)31-4/h5-8,14H,9-13H2,1-4H3. The molecule has 0 aliphatic carbocycles. The maximum atomic E-state index is 13.2. The molecule has 0 N–H and O–H groups in total. The summed E-state index contributed by atoms with van der Waals surface area (Å²) in [5.41, 5.74) is 0.513. The summed E-state index contributed by atoms with van der Waals surface area (Å²) in [4.78, 5) is 38.4. The van der Waals surface area contributed by atoms with Gasteiger partial charge < -0.3 is 9.47 Å². The van der Waals surface area contributed by atoms with E-state index >= 15 is 0 Å². The molecule has 1 aromatic carbocycles. The van der Waals surface area contributed by atoms with Gasteiger partial charge in [-0.1, -0.05) is 26.0 Å². The fourth-order valence-electron chi connectivity index (χ4n) is 3.39. The Kier molecular flexibility index (Phi) is 7.41.